The lowest BCUT2D eigenvalue weighted by Crippen LogP contribution is -2.61. The zero-order valence-corrected chi connectivity index (χ0v) is 33.7. The van der Waals surface area contributed by atoms with E-state index in [4.69, 9.17) is 34.5 Å². The first kappa shape index (κ1) is 43.8. The molecule has 2 aliphatic rings. The van der Waals surface area contributed by atoms with Crippen molar-refractivity contribution in [3.8, 4) is 5.69 Å². The van der Waals surface area contributed by atoms with E-state index in [2.05, 4.69) is 24.5 Å². The number of Topliss-reactive ketones (excluding diaryl/α,β-unsaturated/α-hetero) is 1. The summed E-state index contributed by atoms with van der Waals surface area (Å²) in [6.45, 7) is 20.7. The number of fused-ring (bicyclic) bond motifs is 1. The molecule has 1 fully saturated rings. The minimum atomic E-state index is -0.520. The van der Waals surface area contributed by atoms with Crippen LogP contribution in [0.2, 0.25) is 0 Å². The number of aryl methyl sites for hydroxylation is 1. The number of aromatic nitrogens is 2. The van der Waals surface area contributed by atoms with Gasteiger partial charge >= 0.3 is 0 Å². The number of rotatable bonds is 24. The Kier molecular flexibility index (Phi) is 16.4. The number of piperidine rings is 1. The predicted octanol–water partition coefficient (Wildman–Crippen LogP) is 4.82. The predicted molar refractivity (Wildman–Crippen MR) is 209 cm³/mol. The largest absolute Gasteiger partial charge is 0.784 e. The molecule has 4 rings (SSSR count). The highest BCUT2D eigenvalue weighted by molar-refractivity contribution is 6.00. The standard InChI is InChI=1S/C40H65N6O8/c1-29-36-34(27-38(2,3)28-35(36)47)45(44-29)31-10-11-32(37(41)48)33(24-31)43-13-9-15-51-17-19-53-21-23-54-22-20-52-18-16-50-14-8-12-42-30-25-39(4,5)46(49)40(6,7)26-30/h10-11,24,30,42-43H,8-9,12-23,25-28H2,1-7H3,(H2,41,48)/q-1. The van der Waals surface area contributed by atoms with E-state index < -0.39 is 5.91 Å². The molecule has 0 spiro atoms. The molecule has 1 amide bonds. The fraction of sp³-hybridized carbons (Fsp3) is 0.725. The lowest BCUT2D eigenvalue weighted by atomic mass is 9.75. The molecule has 2 heterocycles. The van der Waals surface area contributed by atoms with Crippen LogP contribution in [0.5, 0.6) is 0 Å². The first-order valence-corrected chi connectivity index (χ1v) is 19.5. The van der Waals surface area contributed by atoms with Crippen LogP contribution in [0, 0.1) is 17.5 Å². The Balaban J connectivity index is 0.975. The molecule has 1 saturated heterocycles. The van der Waals surface area contributed by atoms with Gasteiger partial charge in [-0.05, 0) is 96.9 Å². The number of ether oxygens (including phenoxy) is 5. The van der Waals surface area contributed by atoms with Crippen molar-refractivity contribution >= 4 is 17.4 Å². The van der Waals surface area contributed by atoms with Crippen LogP contribution in [-0.2, 0) is 30.1 Å². The van der Waals surface area contributed by atoms with Crippen LogP contribution >= 0.6 is 0 Å². The minimum absolute atomic E-state index is 0.121. The van der Waals surface area contributed by atoms with Crippen LogP contribution < -0.4 is 16.4 Å². The summed E-state index contributed by atoms with van der Waals surface area (Å²) in [7, 11) is 0. The Hall–Kier alpha value is -2.95. The highest BCUT2D eigenvalue weighted by Crippen LogP contribution is 2.38. The maximum absolute atomic E-state index is 12.9. The number of hydrogen-bond acceptors (Lipinski definition) is 12. The lowest BCUT2D eigenvalue weighted by molar-refractivity contribution is -0.0115. The molecule has 0 saturated carbocycles. The number of amides is 1. The molecule has 0 atom stereocenters. The normalized spacial score (nSPS) is 18.2. The number of hydroxylamine groups is 2. The second-order valence-corrected chi connectivity index (χ2v) is 16.5. The van der Waals surface area contributed by atoms with Crippen LogP contribution in [0.1, 0.15) is 106 Å². The van der Waals surface area contributed by atoms with Crippen molar-refractivity contribution in [2.45, 2.75) is 104 Å². The molecule has 1 aliphatic heterocycles. The lowest BCUT2D eigenvalue weighted by Gasteiger charge is -2.60. The van der Waals surface area contributed by atoms with Crippen molar-refractivity contribution in [1.82, 2.24) is 20.2 Å². The number of nitrogens with zero attached hydrogens (tertiary/aromatic N) is 3. The SMILES string of the molecule is Cc1nn(-c2ccc(C(N)=O)c(NCCCOCCOCCOCCOCCOCCCNC3CC(C)(C)N([O-])C(C)(C)C3)c2)c2c1C(=O)CC(C)(C)C2. The smallest absolute Gasteiger partial charge is 0.250 e. The Morgan fingerprint density at radius 1 is 0.833 bits per heavy atom. The molecule has 1 aromatic carbocycles. The number of nitrogens with two attached hydrogens (primary N) is 1. The van der Waals surface area contributed by atoms with Gasteiger partial charge in [0, 0.05) is 49.0 Å². The van der Waals surface area contributed by atoms with E-state index >= 15 is 0 Å². The van der Waals surface area contributed by atoms with E-state index in [0.717, 1.165) is 49.3 Å². The summed E-state index contributed by atoms with van der Waals surface area (Å²) in [6, 6.07) is 5.72. The van der Waals surface area contributed by atoms with Crippen molar-refractivity contribution < 1.29 is 33.3 Å². The zero-order valence-electron chi connectivity index (χ0n) is 33.7. The molecule has 0 radical (unpaired) electrons. The van der Waals surface area contributed by atoms with Crippen molar-refractivity contribution in [1.29, 1.82) is 0 Å². The van der Waals surface area contributed by atoms with Gasteiger partial charge in [-0.2, -0.15) is 5.10 Å². The number of benzene rings is 1. The molecule has 0 unspecified atom stereocenters. The average molecular weight is 758 g/mol. The van der Waals surface area contributed by atoms with E-state index in [0.29, 0.717) is 108 Å². The van der Waals surface area contributed by atoms with Crippen LogP contribution in [0.15, 0.2) is 18.2 Å². The molecule has 1 aromatic heterocycles. The highest BCUT2D eigenvalue weighted by Gasteiger charge is 2.40. The molecule has 14 nitrogen and oxygen atoms in total. The Morgan fingerprint density at radius 3 is 1.89 bits per heavy atom. The van der Waals surface area contributed by atoms with Crippen molar-refractivity contribution in [2.75, 3.05) is 84.5 Å². The second kappa shape index (κ2) is 20.3. The maximum Gasteiger partial charge on any atom is 0.250 e. The van der Waals surface area contributed by atoms with E-state index in [9.17, 15) is 14.8 Å². The summed E-state index contributed by atoms with van der Waals surface area (Å²) in [4.78, 5) is 25.0. The van der Waals surface area contributed by atoms with Gasteiger partial charge in [0.05, 0.1) is 81.1 Å². The third kappa shape index (κ3) is 12.8. The summed E-state index contributed by atoms with van der Waals surface area (Å²) in [6.07, 6.45) is 4.56. The molecular weight excluding hydrogens is 692 g/mol. The number of anilines is 1. The van der Waals surface area contributed by atoms with E-state index in [-0.39, 0.29) is 22.3 Å². The Bertz CT molecular complexity index is 1490. The molecule has 14 heteroatoms. The Labute approximate surface area is 321 Å². The third-order valence-electron chi connectivity index (χ3n) is 9.99. The fourth-order valence-corrected chi connectivity index (χ4v) is 7.65. The number of hydrogen-bond donors (Lipinski definition) is 3. The van der Waals surface area contributed by atoms with Crippen LogP contribution in [0.4, 0.5) is 5.69 Å². The molecule has 1 aliphatic carbocycles. The van der Waals surface area contributed by atoms with Crippen LogP contribution in [0.3, 0.4) is 0 Å². The molecule has 4 N–H and O–H groups in total. The number of carbonyl (C=O) groups excluding carboxylic acids is 2. The molecule has 54 heavy (non-hydrogen) atoms. The second-order valence-electron chi connectivity index (χ2n) is 16.5. The van der Waals surface area contributed by atoms with Crippen molar-refractivity contribution in [3.05, 3.63) is 45.9 Å². The van der Waals surface area contributed by atoms with Gasteiger partial charge in [0.15, 0.2) is 5.78 Å². The molecule has 2 aromatic rings. The van der Waals surface area contributed by atoms with E-state index in [1.54, 1.807) is 6.07 Å². The van der Waals surface area contributed by atoms with Gasteiger partial charge in [0.25, 0.3) is 5.91 Å². The molecular formula is C40H65N6O8-. The number of carbonyl (C=O) groups is 2. The van der Waals surface area contributed by atoms with Crippen LogP contribution in [-0.4, -0.2) is 123 Å². The van der Waals surface area contributed by atoms with Gasteiger partial charge in [-0.25, -0.2) is 4.68 Å². The van der Waals surface area contributed by atoms with Gasteiger partial charge in [-0.15, -0.1) is 0 Å². The monoisotopic (exact) mass is 757 g/mol. The summed E-state index contributed by atoms with van der Waals surface area (Å²) in [5, 5.41) is 25.4. The number of ketones is 1. The topological polar surface area (TPSA) is 174 Å². The quantitative estimate of drug-likeness (QED) is 0.125. The van der Waals surface area contributed by atoms with E-state index in [1.807, 2.05) is 51.4 Å². The van der Waals surface area contributed by atoms with Crippen LogP contribution in [0.25, 0.3) is 5.69 Å². The number of primary amides is 1. The maximum atomic E-state index is 12.9. The summed E-state index contributed by atoms with van der Waals surface area (Å²) < 4.78 is 30.0. The van der Waals surface area contributed by atoms with Gasteiger partial charge in [0.2, 0.25) is 0 Å². The van der Waals surface area contributed by atoms with Gasteiger partial charge in [-0.1, -0.05) is 13.8 Å². The van der Waals surface area contributed by atoms with Gasteiger partial charge < -0.3 is 50.3 Å². The summed E-state index contributed by atoms with van der Waals surface area (Å²) >= 11 is 0. The third-order valence-corrected chi connectivity index (χ3v) is 9.99. The highest BCUT2D eigenvalue weighted by atomic mass is 16.6. The zero-order chi connectivity index (χ0) is 39.4. The molecule has 0 bridgehead atoms. The Morgan fingerprint density at radius 2 is 1.35 bits per heavy atom. The van der Waals surface area contributed by atoms with E-state index in [1.165, 1.54) is 5.06 Å². The van der Waals surface area contributed by atoms with Crippen molar-refractivity contribution in [2.24, 2.45) is 11.1 Å². The minimum Gasteiger partial charge on any atom is -0.784 e. The first-order valence-electron chi connectivity index (χ1n) is 19.5. The summed E-state index contributed by atoms with van der Waals surface area (Å²) in [5.74, 6) is -0.399. The van der Waals surface area contributed by atoms with Gasteiger partial charge in [0.1, 0.15) is 0 Å². The average Bonchev–Trinajstić information content (AvgIpc) is 3.42. The van der Waals surface area contributed by atoms with Gasteiger partial charge in [-0.3, -0.25) is 9.59 Å². The number of nitrogens with one attached hydrogen (secondary N) is 2. The summed E-state index contributed by atoms with van der Waals surface area (Å²) in [5.41, 5.74) is 8.92. The first-order chi connectivity index (χ1) is 25.6. The van der Waals surface area contributed by atoms with Crippen molar-refractivity contribution in [3.63, 3.8) is 0 Å². The fourth-order valence-electron chi connectivity index (χ4n) is 7.65. The molecule has 304 valence electrons.